The van der Waals surface area contributed by atoms with Gasteiger partial charge < -0.3 is 4.90 Å². The Balaban J connectivity index is 1.53. The summed E-state index contributed by atoms with van der Waals surface area (Å²) in [5.41, 5.74) is 1.40. The van der Waals surface area contributed by atoms with E-state index in [1.807, 2.05) is 35.2 Å². The number of carbonyl (C=O) groups is 2. The molecule has 1 aliphatic rings. The predicted octanol–water partition coefficient (Wildman–Crippen LogP) is 1.72. The number of pyridine rings is 1. The number of piperazine rings is 1. The van der Waals surface area contributed by atoms with Crippen molar-refractivity contribution >= 4 is 11.7 Å². The lowest BCUT2D eigenvalue weighted by Crippen LogP contribution is -2.49. The molecule has 118 valence electrons. The molecule has 0 aliphatic carbocycles. The molecule has 23 heavy (non-hydrogen) atoms. The SMILES string of the molecule is O=C(CN1CCN(C(=O)c2ccncc2)CC1)c1ccccc1. The van der Waals surface area contributed by atoms with Crippen LogP contribution < -0.4 is 0 Å². The number of rotatable bonds is 4. The zero-order valence-corrected chi connectivity index (χ0v) is 12.9. The highest BCUT2D eigenvalue weighted by Crippen LogP contribution is 2.09. The Morgan fingerprint density at radius 3 is 2.17 bits per heavy atom. The third-order valence-corrected chi connectivity index (χ3v) is 4.05. The van der Waals surface area contributed by atoms with Gasteiger partial charge in [-0.1, -0.05) is 30.3 Å². The normalized spacial score (nSPS) is 15.4. The first kappa shape index (κ1) is 15.4. The van der Waals surface area contributed by atoms with Crippen LogP contribution in [0.1, 0.15) is 20.7 Å². The van der Waals surface area contributed by atoms with Crippen molar-refractivity contribution in [2.45, 2.75) is 0 Å². The van der Waals surface area contributed by atoms with Crippen molar-refractivity contribution in [1.29, 1.82) is 0 Å². The van der Waals surface area contributed by atoms with Crippen LogP contribution in [0.25, 0.3) is 0 Å². The highest BCUT2D eigenvalue weighted by Gasteiger charge is 2.23. The van der Waals surface area contributed by atoms with Crippen LogP contribution in [0.2, 0.25) is 0 Å². The summed E-state index contributed by atoms with van der Waals surface area (Å²) in [5, 5.41) is 0. The van der Waals surface area contributed by atoms with Gasteiger partial charge in [0, 0.05) is 49.7 Å². The van der Waals surface area contributed by atoms with Crippen molar-refractivity contribution in [3.63, 3.8) is 0 Å². The first-order valence-electron chi connectivity index (χ1n) is 7.74. The summed E-state index contributed by atoms with van der Waals surface area (Å²) in [6.07, 6.45) is 3.25. The number of ketones is 1. The molecule has 0 unspecified atom stereocenters. The van der Waals surface area contributed by atoms with Crippen LogP contribution in [0.5, 0.6) is 0 Å². The lowest BCUT2D eigenvalue weighted by Gasteiger charge is -2.34. The van der Waals surface area contributed by atoms with Gasteiger partial charge in [-0.15, -0.1) is 0 Å². The van der Waals surface area contributed by atoms with E-state index in [0.29, 0.717) is 25.2 Å². The fraction of sp³-hybridized carbons (Fsp3) is 0.278. The highest BCUT2D eigenvalue weighted by atomic mass is 16.2. The third-order valence-electron chi connectivity index (χ3n) is 4.05. The van der Waals surface area contributed by atoms with E-state index in [-0.39, 0.29) is 11.7 Å². The molecule has 3 rings (SSSR count). The Bertz CT molecular complexity index is 665. The van der Waals surface area contributed by atoms with Crippen LogP contribution in [0.3, 0.4) is 0 Å². The minimum absolute atomic E-state index is 0.0291. The number of aromatic nitrogens is 1. The zero-order chi connectivity index (χ0) is 16.1. The Labute approximate surface area is 135 Å². The van der Waals surface area contributed by atoms with Crippen LogP contribution in [-0.2, 0) is 0 Å². The van der Waals surface area contributed by atoms with Crippen LogP contribution in [0.15, 0.2) is 54.9 Å². The summed E-state index contributed by atoms with van der Waals surface area (Å²) in [4.78, 5) is 32.4. The Morgan fingerprint density at radius 2 is 1.52 bits per heavy atom. The molecule has 5 heteroatoms. The maximum Gasteiger partial charge on any atom is 0.254 e. The summed E-state index contributed by atoms with van der Waals surface area (Å²) in [6, 6.07) is 12.8. The summed E-state index contributed by atoms with van der Waals surface area (Å²) < 4.78 is 0. The maximum atomic E-state index is 12.4. The molecule has 0 bridgehead atoms. The standard InChI is InChI=1S/C18H19N3O2/c22-17(15-4-2-1-3-5-15)14-20-10-12-21(13-11-20)18(23)16-6-8-19-9-7-16/h1-9H,10-14H2. The number of carbonyl (C=O) groups excluding carboxylic acids is 2. The Hall–Kier alpha value is -2.53. The highest BCUT2D eigenvalue weighted by molar-refractivity contribution is 5.97. The molecule has 1 aromatic heterocycles. The van der Waals surface area contributed by atoms with Gasteiger partial charge in [-0.3, -0.25) is 19.5 Å². The van der Waals surface area contributed by atoms with Crippen molar-refractivity contribution in [3.8, 4) is 0 Å². The minimum atomic E-state index is 0.0291. The number of benzene rings is 1. The van der Waals surface area contributed by atoms with Crippen molar-refractivity contribution in [2.75, 3.05) is 32.7 Å². The maximum absolute atomic E-state index is 12.4. The second-order valence-electron chi connectivity index (χ2n) is 5.59. The fourth-order valence-corrected chi connectivity index (χ4v) is 2.70. The Morgan fingerprint density at radius 1 is 0.870 bits per heavy atom. The van der Waals surface area contributed by atoms with Crippen molar-refractivity contribution in [2.24, 2.45) is 0 Å². The molecule has 0 atom stereocenters. The summed E-state index contributed by atoms with van der Waals surface area (Å²) >= 11 is 0. The number of hydrogen-bond donors (Lipinski definition) is 0. The number of Topliss-reactive ketones (excluding diaryl/α,β-unsaturated/α-hetero) is 1. The monoisotopic (exact) mass is 309 g/mol. The summed E-state index contributed by atoms with van der Waals surface area (Å²) in [5.74, 6) is 0.154. The molecule has 2 aromatic rings. The zero-order valence-electron chi connectivity index (χ0n) is 12.9. The number of nitrogens with zero attached hydrogens (tertiary/aromatic N) is 3. The van der Waals surface area contributed by atoms with E-state index in [9.17, 15) is 9.59 Å². The number of hydrogen-bond acceptors (Lipinski definition) is 4. The van der Waals surface area contributed by atoms with Crippen molar-refractivity contribution in [3.05, 3.63) is 66.0 Å². The van der Waals surface area contributed by atoms with Gasteiger partial charge in [-0.25, -0.2) is 0 Å². The third kappa shape index (κ3) is 3.81. The molecule has 1 fully saturated rings. The minimum Gasteiger partial charge on any atom is -0.336 e. The summed E-state index contributed by atoms with van der Waals surface area (Å²) in [7, 11) is 0. The van der Waals surface area contributed by atoms with Gasteiger partial charge in [-0.2, -0.15) is 0 Å². The molecule has 0 spiro atoms. The van der Waals surface area contributed by atoms with Crippen LogP contribution in [-0.4, -0.2) is 59.2 Å². The molecule has 1 aromatic carbocycles. The van der Waals surface area contributed by atoms with E-state index in [4.69, 9.17) is 0 Å². The van der Waals surface area contributed by atoms with Gasteiger partial charge in [0.15, 0.2) is 5.78 Å². The second-order valence-corrected chi connectivity index (χ2v) is 5.59. The summed E-state index contributed by atoms with van der Waals surface area (Å²) in [6.45, 7) is 3.12. The van der Waals surface area contributed by atoms with E-state index in [1.165, 1.54) is 0 Å². The first-order valence-corrected chi connectivity index (χ1v) is 7.74. The smallest absolute Gasteiger partial charge is 0.254 e. The van der Waals surface area contributed by atoms with Gasteiger partial charge in [-0.05, 0) is 12.1 Å². The van der Waals surface area contributed by atoms with E-state index < -0.39 is 0 Å². The van der Waals surface area contributed by atoms with Gasteiger partial charge in [0.1, 0.15) is 0 Å². The lowest BCUT2D eigenvalue weighted by atomic mass is 10.1. The molecule has 0 N–H and O–H groups in total. The van der Waals surface area contributed by atoms with Gasteiger partial charge >= 0.3 is 0 Å². The molecule has 0 saturated carbocycles. The van der Waals surface area contributed by atoms with E-state index in [0.717, 1.165) is 18.7 Å². The van der Waals surface area contributed by atoms with E-state index >= 15 is 0 Å². The average Bonchev–Trinajstić information content (AvgIpc) is 2.63. The Kier molecular flexibility index (Phi) is 4.78. The molecular formula is C18H19N3O2. The second kappa shape index (κ2) is 7.15. The van der Waals surface area contributed by atoms with Crippen LogP contribution in [0, 0.1) is 0 Å². The fourth-order valence-electron chi connectivity index (χ4n) is 2.70. The van der Waals surface area contributed by atoms with Gasteiger partial charge in [0.2, 0.25) is 0 Å². The van der Waals surface area contributed by atoms with Crippen LogP contribution >= 0.6 is 0 Å². The quantitative estimate of drug-likeness (QED) is 0.807. The molecule has 5 nitrogen and oxygen atoms in total. The molecule has 0 radical (unpaired) electrons. The van der Waals surface area contributed by atoms with E-state index in [2.05, 4.69) is 9.88 Å². The average molecular weight is 309 g/mol. The van der Waals surface area contributed by atoms with Crippen molar-refractivity contribution < 1.29 is 9.59 Å². The molecule has 2 heterocycles. The molecular weight excluding hydrogens is 290 g/mol. The number of amides is 1. The molecule has 1 aliphatic heterocycles. The van der Waals surface area contributed by atoms with E-state index in [1.54, 1.807) is 24.5 Å². The largest absolute Gasteiger partial charge is 0.336 e. The van der Waals surface area contributed by atoms with Crippen molar-refractivity contribution in [1.82, 2.24) is 14.8 Å². The van der Waals surface area contributed by atoms with Crippen LogP contribution in [0.4, 0.5) is 0 Å². The first-order chi connectivity index (χ1) is 11.2. The lowest BCUT2D eigenvalue weighted by molar-refractivity contribution is 0.0624. The molecule has 1 amide bonds. The van der Waals surface area contributed by atoms with Gasteiger partial charge in [0.25, 0.3) is 5.91 Å². The molecule has 1 saturated heterocycles. The predicted molar refractivity (Wildman–Crippen MR) is 87.4 cm³/mol. The topological polar surface area (TPSA) is 53.5 Å². The van der Waals surface area contributed by atoms with Gasteiger partial charge in [0.05, 0.1) is 6.54 Å².